The van der Waals surface area contributed by atoms with Gasteiger partial charge in [0.2, 0.25) is 0 Å². The highest BCUT2D eigenvalue weighted by atomic mass is 79.9. The van der Waals surface area contributed by atoms with Crippen molar-refractivity contribution in [2.45, 2.75) is 77.4 Å². The molecule has 2 aromatic carbocycles. The first-order chi connectivity index (χ1) is 18.5. The molecule has 1 unspecified atom stereocenters. The third kappa shape index (κ3) is 6.52. The molecule has 2 aliphatic carbocycles. The largest absolute Gasteiger partial charge is 0.488 e. The van der Waals surface area contributed by atoms with Gasteiger partial charge in [-0.05, 0) is 67.9 Å². The molecule has 0 radical (unpaired) electrons. The van der Waals surface area contributed by atoms with Crippen LogP contribution < -0.4 is 10.1 Å². The summed E-state index contributed by atoms with van der Waals surface area (Å²) in [7, 11) is 0. The highest BCUT2D eigenvalue weighted by Gasteiger charge is 2.29. The first-order valence-electron chi connectivity index (χ1n) is 13.7. The second-order valence-electron chi connectivity index (χ2n) is 10.3. The van der Waals surface area contributed by atoms with E-state index in [4.69, 9.17) is 21.3 Å². The van der Waals surface area contributed by atoms with E-state index in [0.717, 1.165) is 64.0 Å². The Kier molecular flexibility index (Phi) is 9.24. The van der Waals surface area contributed by atoms with E-state index in [2.05, 4.69) is 28.2 Å². The lowest BCUT2D eigenvalue weighted by Gasteiger charge is -2.24. The molecule has 0 saturated heterocycles. The van der Waals surface area contributed by atoms with Gasteiger partial charge in [0.05, 0.1) is 5.56 Å². The number of benzene rings is 2. The number of amides is 1. The Morgan fingerprint density at radius 2 is 2.00 bits per heavy atom. The fraction of sp³-hybridized carbons (Fsp3) is 0.419. The minimum Gasteiger partial charge on any atom is -0.488 e. The molecule has 1 N–H and O–H groups in total. The molecule has 1 saturated carbocycles. The van der Waals surface area contributed by atoms with Crippen LogP contribution in [0, 0.1) is 5.92 Å². The number of nitrogens with zero attached hydrogens (tertiary/aromatic N) is 1. The zero-order valence-electron chi connectivity index (χ0n) is 21.8. The predicted octanol–water partition coefficient (Wildman–Crippen LogP) is 9.07. The molecule has 7 heteroatoms. The van der Waals surface area contributed by atoms with Gasteiger partial charge in [-0.3, -0.25) is 4.79 Å². The maximum absolute atomic E-state index is 13.6. The molecular weight excluding hydrogens is 580 g/mol. The topological polar surface area (TPSA) is 50.7 Å². The van der Waals surface area contributed by atoms with E-state index in [1.165, 1.54) is 36.1 Å². The van der Waals surface area contributed by atoms with Gasteiger partial charge in [-0.1, -0.05) is 78.3 Å². The van der Waals surface area contributed by atoms with Gasteiger partial charge >= 0.3 is 0 Å². The molecule has 1 atom stereocenters. The first kappa shape index (κ1) is 27.4. The molecule has 2 aliphatic rings. The van der Waals surface area contributed by atoms with Gasteiger partial charge in [-0.25, -0.2) is 4.99 Å². The molecule has 1 fully saturated rings. The second-order valence-corrected chi connectivity index (χ2v) is 12.7. The maximum atomic E-state index is 13.6. The quantitative estimate of drug-likeness (QED) is 0.258. The van der Waals surface area contributed by atoms with Crippen LogP contribution in [0.5, 0.6) is 5.75 Å². The van der Waals surface area contributed by atoms with Crippen molar-refractivity contribution >= 4 is 56.0 Å². The number of carbonyl (C=O) groups is 1. The molecule has 0 spiro atoms. The summed E-state index contributed by atoms with van der Waals surface area (Å²) < 4.78 is 7.10. The van der Waals surface area contributed by atoms with Crippen LogP contribution in [0.3, 0.4) is 0 Å². The SMILES string of the molecule is CCC1CCc2c(sc(/N=C/c3cc(Br)ccc3OCc3ccccc3Cl)c2C(=O)NC2CCCCC2)C1. The standard InChI is InChI=1S/C31H34BrClN2O2S/c1-2-20-12-14-25-28(16-20)38-31(29(25)30(36)35-24-9-4-3-5-10-24)34-18-22-17-23(32)13-15-27(22)37-19-21-8-6-7-11-26(21)33/h6-8,11,13,15,17-18,20,24H,2-5,9-10,12,14,16,19H2,1H3,(H,35,36)/b34-18+. The summed E-state index contributed by atoms with van der Waals surface area (Å²) in [6.07, 6.45) is 11.9. The van der Waals surface area contributed by atoms with E-state index >= 15 is 0 Å². The van der Waals surface area contributed by atoms with Crippen molar-refractivity contribution in [2.75, 3.05) is 0 Å². The van der Waals surface area contributed by atoms with Gasteiger partial charge in [0.25, 0.3) is 5.91 Å². The van der Waals surface area contributed by atoms with Gasteiger partial charge in [-0.15, -0.1) is 11.3 Å². The fourth-order valence-electron chi connectivity index (χ4n) is 5.47. The number of hydrogen-bond donors (Lipinski definition) is 1. The summed E-state index contributed by atoms with van der Waals surface area (Å²) in [6.45, 7) is 2.62. The lowest BCUT2D eigenvalue weighted by Crippen LogP contribution is -2.36. The monoisotopic (exact) mass is 612 g/mol. The van der Waals surface area contributed by atoms with Crippen LogP contribution in [-0.4, -0.2) is 18.2 Å². The first-order valence-corrected chi connectivity index (χ1v) is 15.7. The summed E-state index contributed by atoms with van der Waals surface area (Å²) in [5, 5.41) is 4.83. The van der Waals surface area contributed by atoms with Crippen LogP contribution in [0.4, 0.5) is 5.00 Å². The second kappa shape index (κ2) is 12.8. The van der Waals surface area contributed by atoms with E-state index in [1.54, 1.807) is 11.3 Å². The molecule has 200 valence electrons. The molecule has 0 bridgehead atoms. The number of fused-ring (bicyclic) bond motifs is 1. The smallest absolute Gasteiger partial charge is 0.254 e. The summed E-state index contributed by atoms with van der Waals surface area (Å²) >= 11 is 11.6. The molecular formula is C31H34BrClN2O2S. The molecule has 1 aromatic heterocycles. The zero-order chi connectivity index (χ0) is 26.5. The minimum atomic E-state index is 0.0425. The van der Waals surface area contributed by atoms with Gasteiger partial charge in [0.1, 0.15) is 17.4 Å². The molecule has 4 nitrogen and oxygen atoms in total. The van der Waals surface area contributed by atoms with Crippen molar-refractivity contribution in [3.63, 3.8) is 0 Å². The van der Waals surface area contributed by atoms with E-state index in [-0.39, 0.29) is 11.9 Å². The Balaban J connectivity index is 1.43. The minimum absolute atomic E-state index is 0.0425. The highest BCUT2D eigenvalue weighted by Crippen LogP contribution is 2.42. The van der Waals surface area contributed by atoms with Crippen LogP contribution in [0.2, 0.25) is 5.02 Å². The third-order valence-corrected chi connectivity index (χ3v) is 9.75. The Bertz CT molecular complexity index is 1320. The molecule has 3 aromatic rings. The average molecular weight is 614 g/mol. The lowest BCUT2D eigenvalue weighted by atomic mass is 9.85. The van der Waals surface area contributed by atoms with Crippen molar-refractivity contribution in [3.05, 3.63) is 79.1 Å². The summed E-state index contributed by atoms with van der Waals surface area (Å²) in [6, 6.07) is 13.9. The predicted molar refractivity (Wildman–Crippen MR) is 162 cm³/mol. The van der Waals surface area contributed by atoms with Gasteiger partial charge in [0.15, 0.2) is 0 Å². The Morgan fingerprint density at radius 1 is 1.18 bits per heavy atom. The van der Waals surface area contributed by atoms with Gasteiger partial charge in [0, 0.05) is 37.8 Å². The van der Waals surface area contributed by atoms with E-state index < -0.39 is 0 Å². The number of thiophene rings is 1. The van der Waals surface area contributed by atoms with E-state index in [1.807, 2.05) is 48.7 Å². The number of halogens is 2. The van der Waals surface area contributed by atoms with Crippen molar-refractivity contribution in [1.29, 1.82) is 0 Å². The van der Waals surface area contributed by atoms with Crippen LogP contribution in [0.25, 0.3) is 0 Å². The van der Waals surface area contributed by atoms with E-state index in [0.29, 0.717) is 17.5 Å². The maximum Gasteiger partial charge on any atom is 0.254 e. The molecule has 0 aliphatic heterocycles. The number of aliphatic imine (C=N–C) groups is 1. The van der Waals surface area contributed by atoms with Crippen LogP contribution in [-0.2, 0) is 19.4 Å². The van der Waals surface area contributed by atoms with Gasteiger partial charge in [-0.2, -0.15) is 0 Å². The number of rotatable bonds is 8. The number of nitrogens with one attached hydrogen (secondary N) is 1. The molecule has 38 heavy (non-hydrogen) atoms. The summed E-state index contributed by atoms with van der Waals surface area (Å²) in [5.41, 5.74) is 3.78. The van der Waals surface area contributed by atoms with Crippen LogP contribution in [0.1, 0.15) is 83.8 Å². The van der Waals surface area contributed by atoms with Crippen molar-refractivity contribution in [1.82, 2.24) is 5.32 Å². The Labute approximate surface area is 243 Å². The highest BCUT2D eigenvalue weighted by molar-refractivity contribution is 9.10. The lowest BCUT2D eigenvalue weighted by molar-refractivity contribution is 0.0927. The molecule has 5 rings (SSSR count). The summed E-state index contributed by atoms with van der Waals surface area (Å²) in [4.78, 5) is 19.9. The Hall–Kier alpha value is -2.15. The average Bonchev–Trinajstić information content (AvgIpc) is 3.30. The van der Waals surface area contributed by atoms with Crippen LogP contribution >= 0.6 is 38.9 Å². The van der Waals surface area contributed by atoms with Crippen molar-refractivity contribution in [2.24, 2.45) is 10.9 Å². The van der Waals surface area contributed by atoms with Crippen molar-refractivity contribution < 1.29 is 9.53 Å². The number of ether oxygens (including phenoxy) is 1. The molecule has 1 heterocycles. The van der Waals surface area contributed by atoms with Gasteiger partial charge < -0.3 is 10.1 Å². The number of hydrogen-bond acceptors (Lipinski definition) is 4. The van der Waals surface area contributed by atoms with Crippen LogP contribution in [0.15, 0.2) is 51.9 Å². The zero-order valence-corrected chi connectivity index (χ0v) is 24.9. The fourth-order valence-corrected chi connectivity index (χ4v) is 7.34. The number of carbonyl (C=O) groups excluding carboxylic acids is 1. The van der Waals surface area contributed by atoms with E-state index in [9.17, 15) is 4.79 Å². The summed E-state index contributed by atoms with van der Waals surface area (Å²) in [5.74, 6) is 1.44. The Morgan fingerprint density at radius 3 is 2.79 bits per heavy atom. The van der Waals surface area contributed by atoms with Crippen molar-refractivity contribution in [3.8, 4) is 5.75 Å². The normalized spacial score (nSPS) is 17.9. The third-order valence-electron chi connectivity index (χ3n) is 7.73. The molecule has 1 amide bonds.